The molecule has 0 aliphatic heterocycles. The molecule has 2 aromatic heterocycles. The van der Waals surface area contributed by atoms with Crippen LogP contribution in [0, 0.1) is 0 Å². The minimum atomic E-state index is 0. The van der Waals surface area contributed by atoms with E-state index in [1.54, 1.807) is 45.7 Å². The lowest BCUT2D eigenvalue weighted by Gasteiger charge is -2.18. The van der Waals surface area contributed by atoms with Crippen LogP contribution in [0.3, 0.4) is 0 Å². The van der Waals surface area contributed by atoms with Gasteiger partial charge in [0.15, 0.2) is 17.1 Å². The summed E-state index contributed by atoms with van der Waals surface area (Å²) in [6.45, 7) is 0.316. The molecule has 0 bridgehead atoms. The monoisotopic (exact) mass is 435 g/mol. The summed E-state index contributed by atoms with van der Waals surface area (Å²) in [5.74, 6) is 1.18. The lowest BCUT2D eigenvalue weighted by molar-refractivity contribution is 0.182. The van der Waals surface area contributed by atoms with E-state index >= 15 is 0 Å². The molecule has 9 heteroatoms. The van der Waals surface area contributed by atoms with Crippen molar-refractivity contribution in [3.8, 4) is 28.5 Å². The number of phenols is 1. The van der Waals surface area contributed by atoms with E-state index in [-0.39, 0.29) is 23.2 Å². The normalized spacial score (nSPS) is 10.9. The molecule has 2 aromatic carbocycles. The quantitative estimate of drug-likeness (QED) is 0.471. The molecule has 2 N–H and O–H groups in total. The molecule has 29 heavy (non-hydrogen) atoms. The predicted molar refractivity (Wildman–Crippen MR) is 115 cm³/mol. The molecule has 2 heterocycles. The summed E-state index contributed by atoms with van der Waals surface area (Å²) >= 11 is 6.14. The molecule has 152 valence electrons. The SMILES string of the molecule is COCc1c(OC)c(OC)cc2c(-c3ccc(O)c(Cl)c3)nc3[nH]ncc3c12.Cl. The van der Waals surface area contributed by atoms with Crippen molar-refractivity contribution in [2.75, 3.05) is 21.3 Å². The van der Waals surface area contributed by atoms with Crippen molar-refractivity contribution in [2.24, 2.45) is 0 Å². The number of nitrogens with zero attached hydrogens (tertiary/aromatic N) is 2. The Morgan fingerprint density at radius 1 is 1.10 bits per heavy atom. The van der Waals surface area contributed by atoms with Gasteiger partial charge in [-0.05, 0) is 24.3 Å². The van der Waals surface area contributed by atoms with Crippen LogP contribution in [0.2, 0.25) is 5.02 Å². The van der Waals surface area contributed by atoms with Crippen LogP contribution >= 0.6 is 24.0 Å². The fourth-order valence-corrected chi connectivity index (χ4v) is 3.62. The van der Waals surface area contributed by atoms with Crippen LogP contribution in [0.25, 0.3) is 33.1 Å². The lowest BCUT2D eigenvalue weighted by atomic mass is 9.97. The first-order valence-electron chi connectivity index (χ1n) is 8.47. The Morgan fingerprint density at radius 3 is 2.55 bits per heavy atom. The standard InChI is InChI=1S/C20H18ClN3O4.ClH/c1-26-9-13-17-11(7-16(27-2)19(13)28-3)18(23-20-12(17)8-22-24-20)10-4-5-15(25)14(21)6-10;/h4-8,25H,9H2,1-3H3,(H,22,23,24);1H. The molecule has 0 saturated heterocycles. The highest BCUT2D eigenvalue weighted by atomic mass is 35.5. The zero-order chi connectivity index (χ0) is 19.8. The molecule has 0 saturated carbocycles. The van der Waals surface area contributed by atoms with Crippen LogP contribution in [0.5, 0.6) is 17.2 Å². The summed E-state index contributed by atoms with van der Waals surface area (Å²) in [5.41, 5.74) is 2.88. The third-order valence-corrected chi connectivity index (χ3v) is 4.95. The zero-order valence-electron chi connectivity index (χ0n) is 15.9. The van der Waals surface area contributed by atoms with Gasteiger partial charge in [0.25, 0.3) is 0 Å². The Kier molecular flexibility index (Phi) is 6.02. The first kappa shape index (κ1) is 21.0. The van der Waals surface area contributed by atoms with Gasteiger partial charge in [0.05, 0.1) is 37.7 Å². The third-order valence-electron chi connectivity index (χ3n) is 4.65. The van der Waals surface area contributed by atoms with E-state index in [1.165, 1.54) is 0 Å². The van der Waals surface area contributed by atoms with Crippen LogP contribution < -0.4 is 9.47 Å². The van der Waals surface area contributed by atoms with Gasteiger partial charge in [-0.3, -0.25) is 5.10 Å². The Bertz CT molecular complexity index is 1190. The Hall–Kier alpha value is -2.74. The molecule has 7 nitrogen and oxygen atoms in total. The number of hydrogen-bond acceptors (Lipinski definition) is 6. The van der Waals surface area contributed by atoms with Crippen molar-refractivity contribution in [1.82, 2.24) is 15.2 Å². The largest absolute Gasteiger partial charge is 0.506 e. The van der Waals surface area contributed by atoms with E-state index in [2.05, 4.69) is 10.2 Å². The number of hydrogen-bond donors (Lipinski definition) is 2. The molecule has 0 spiro atoms. The molecule has 0 unspecified atom stereocenters. The molecule has 4 aromatic rings. The summed E-state index contributed by atoms with van der Waals surface area (Å²) in [5, 5.41) is 19.7. The second kappa shape index (κ2) is 8.32. The second-order valence-electron chi connectivity index (χ2n) is 6.21. The molecular weight excluding hydrogens is 417 g/mol. The van der Waals surface area contributed by atoms with Crippen molar-refractivity contribution in [1.29, 1.82) is 0 Å². The fraction of sp³-hybridized carbons (Fsp3) is 0.200. The minimum absolute atomic E-state index is 0. The van der Waals surface area contributed by atoms with Gasteiger partial charge in [-0.15, -0.1) is 12.4 Å². The van der Waals surface area contributed by atoms with Crippen molar-refractivity contribution in [2.45, 2.75) is 6.61 Å². The van der Waals surface area contributed by atoms with E-state index in [9.17, 15) is 5.11 Å². The van der Waals surface area contributed by atoms with Crippen LogP contribution in [0.4, 0.5) is 0 Å². The number of benzene rings is 2. The average molecular weight is 436 g/mol. The van der Waals surface area contributed by atoms with Gasteiger partial charge in [0.1, 0.15) is 5.75 Å². The number of methoxy groups -OCH3 is 3. The Balaban J connectivity index is 0.00000240. The number of ether oxygens (including phenoxy) is 3. The summed E-state index contributed by atoms with van der Waals surface area (Å²) in [6, 6.07) is 6.85. The predicted octanol–water partition coefficient (Wildman–Crippen LogP) is 4.72. The minimum Gasteiger partial charge on any atom is -0.506 e. The highest BCUT2D eigenvalue weighted by Crippen LogP contribution is 2.44. The van der Waals surface area contributed by atoms with Crippen molar-refractivity contribution >= 4 is 45.8 Å². The van der Waals surface area contributed by atoms with E-state index in [1.807, 2.05) is 6.07 Å². The number of halogens is 2. The van der Waals surface area contributed by atoms with E-state index in [0.29, 0.717) is 29.4 Å². The number of aromatic nitrogens is 3. The number of aromatic amines is 1. The maximum absolute atomic E-state index is 9.79. The summed E-state index contributed by atoms with van der Waals surface area (Å²) in [4.78, 5) is 4.74. The molecular formula is C20H19Cl2N3O4. The third kappa shape index (κ3) is 3.42. The van der Waals surface area contributed by atoms with Crippen molar-refractivity contribution < 1.29 is 19.3 Å². The highest BCUT2D eigenvalue weighted by molar-refractivity contribution is 6.32. The average Bonchev–Trinajstić information content (AvgIpc) is 3.17. The van der Waals surface area contributed by atoms with Crippen LogP contribution in [0.15, 0.2) is 30.5 Å². The van der Waals surface area contributed by atoms with Crippen molar-refractivity contribution in [3.63, 3.8) is 0 Å². The van der Waals surface area contributed by atoms with Gasteiger partial charge < -0.3 is 19.3 Å². The highest BCUT2D eigenvalue weighted by Gasteiger charge is 2.22. The summed E-state index contributed by atoms with van der Waals surface area (Å²) < 4.78 is 16.6. The van der Waals surface area contributed by atoms with E-state index in [0.717, 1.165) is 27.3 Å². The molecule has 0 amide bonds. The summed E-state index contributed by atoms with van der Waals surface area (Å²) in [6.07, 6.45) is 1.73. The molecule has 0 radical (unpaired) electrons. The molecule has 0 atom stereocenters. The van der Waals surface area contributed by atoms with Gasteiger partial charge in [-0.25, -0.2) is 4.98 Å². The van der Waals surface area contributed by atoms with Gasteiger partial charge >= 0.3 is 0 Å². The molecule has 0 aliphatic carbocycles. The molecule has 0 aliphatic rings. The zero-order valence-corrected chi connectivity index (χ0v) is 17.5. The summed E-state index contributed by atoms with van der Waals surface area (Å²) in [7, 11) is 4.80. The first-order valence-corrected chi connectivity index (χ1v) is 8.85. The molecule has 4 rings (SSSR count). The molecule has 0 fully saturated rings. The fourth-order valence-electron chi connectivity index (χ4n) is 3.44. The maximum Gasteiger partial charge on any atom is 0.166 e. The Morgan fingerprint density at radius 2 is 1.90 bits per heavy atom. The maximum atomic E-state index is 9.79. The number of aromatic hydroxyl groups is 1. The van der Waals surface area contributed by atoms with Crippen LogP contribution in [-0.2, 0) is 11.3 Å². The second-order valence-corrected chi connectivity index (χ2v) is 6.61. The first-order chi connectivity index (χ1) is 13.6. The lowest BCUT2D eigenvalue weighted by Crippen LogP contribution is -2.01. The van der Waals surface area contributed by atoms with Gasteiger partial charge in [-0.1, -0.05) is 11.6 Å². The smallest absolute Gasteiger partial charge is 0.166 e. The van der Waals surface area contributed by atoms with E-state index in [4.69, 9.17) is 30.8 Å². The van der Waals surface area contributed by atoms with Crippen molar-refractivity contribution in [3.05, 3.63) is 41.0 Å². The number of fused-ring (bicyclic) bond motifs is 3. The number of pyridine rings is 1. The number of phenolic OH excluding ortho intramolecular Hbond substituents is 1. The number of nitrogens with one attached hydrogen (secondary N) is 1. The topological polar surface area (TPSA) is 89.5 Å². The van der Waals surface area contributed by atoms with Crippen LogP contribution in [-0.4, -0.2) is 41.6 Å². The van der Waals surface area contributed by atoms with Gasteiger partial charge in [-0.2, -0.15) is 5.10 Å². The number of rotatable bonds is 5. The number of H-pyrrole nitrogens is 1. The Labute approximate surface area is 178 Å². The van der Waals surface area contributed by atoms with Gasteiger partial charge in [0.2, 0.25) is 0 Å². The van der Waals surface area contributed by atoms with Crippen LogP contribution in [0.1, 0.15) is 5.56 Å². The van der Waals surface area contributed by atoms with E-state index < -0.39 is 0 Å². The van der Waals surface area contributed by atoms with Gasteiger partial charge in [0, 0.05) is 34.4 Å².